The zero-order chi connectivity index (χ0) is 16.9. The standard InChI is InChI=1S/C20H16O4/c1-2-24-19(22)17-16(21)11-20(23)15-10-6-5-8-13(15)12-7-3-4-9-14(12)18(17)20/h3-10,23H,2,11H2,1H3. The van der Waals surface area contributed by atoms with Gasteiger partial charge in [0.15, 0.2) is 5.78 Å². The number of benzene rings is 2. The van der Waals surface area contributed by atoms with Crippen molar-refractivity contribution in [2.75, 3.05) is 6.61 Å². The van der Waals surface area contributed by atoms with E-state index in [1.54, 1.807) is 6.92 Å². The van der Waals surface area contributed by atoms with Crippen molar-refractivity contribution < 1.29 is 19.4 Å². The minimum absolute atomic E-state index is 0.0266. The molecule has 0 fully saturated rings. The molecule has 1 N–H and O–H groups in total. The Morgan fingerprint density at radius 3 is 2.42 bits per heavy atom. The highest BCUT2D eigenvalue weighted by atomic mass is 16.5. The third-order valence-corrected chi connectivity index (χ3v) is 4.70. The number of carbonyl (C=O) groups is 2. The molecule has 2 aliphatic carbocycles. The lowest BCUT2D eigenvalue weighted by Crippen LogP contribution is -2.29. The summed E-state index contributed by atoms with van der Waals surface area (Å²) in [6.07, 6.45) is -0.137. The Hall–Kier alpha value is -2.72. The number of esters is 1. The molecule has 4 rings (SSSR count). The van der Waals surface area contributed by atoms with Crippen LogP contribution in [-0.2, 0) is 19.9 Å². The van der Waals surface area contributed by atoms with Crippen LogP contribution in [0.3, 0.4) is 0 Å². The molecule has 2 aromatic rings. The number of Topliss-reactive ketones (excluding diaryl/α,β-unsaturated/α-hetero) is 1. The molecule has 1 unspecified atom stereocenters. The van der Waals surface area contributed by atoms with Gasteiger partial charge in [0.25, 0.3) is 0 Å². The summed E-state index contributed by atoms with van der Waals surface area (Å²) in [6.45, 7) is 1.87. The second-order valence-electron chi connectivity index (χ2n) is 6.02. The summed E-state index contributed by atoms with van der Waals surface area (Å²) < 4.78 is 5.06. The zero-order valence-corrected chi connectivity index (χ0v) is 13.2. The van der Waals surface area contributed by atoms with E-state index in [-0.39, 0.29) is 24.4 Å². The van der Waals surface area contributed by atoms with Gasteiger partial charge in [-0.1, -0.05) is 48.5 Å². The van der Waals surface area contributed by atoms with E-state index in [0.29, 0.717) is 16.7 Å². The molecule has 0 saturated carbocycles. The molecule has 2 aliphatic rings. The van der Waals surface area contributed by atoms with Gasteiger partial charge in [0.05, 0.1) is 6.61 Å². The number of rotatable bonds is 2. The van der Waals surface area contributed by atoms with Crippen molar-refractivity contribution >= 4 is 17.3 Å². The van der Waals surface area contributed by atoms with E-state index in [4.69, 9.17) is 4.74 Å². The largest absolute Gasteiger partial charge is 0.462 e. The lowest BCUT2D eigenvalue weighted by molar-refractivity contribution is -0.139. The summed E-state index contributed by atoms with van der Waals surface area (Å²) in [5, 5.41) is 11.4. The van der Waals surface area contributed by atoms with Crippen molar-refractivity contribution in [1.29, 1.82) is 0 Å². The molecule has 0 aliphatic heterocycles. The van der Waals surface area contributed by atoms with E-state index in [1.165, 1.54) is 0 Å². The van der Waals surface area contributed by atoms with E-state index >= 15 is 0 Å². The Morgan fingerprint density at radius 1 is 1.08 bits per heavy atom. The molecule has 24 heavy (non-hydrogen) atoms. The summed E-state index contributed by atoms with van der Waals surface area (Å²) in [5.74, 6) is -1.04. The fraction of sp³-hybridized carbons (Fsp3) is 0.200. The lowest BCUT2D eigenvalue weighted by Gasteiger charge is -2.34. The molecule has 0 bridgehead atoms. The first-order valence-electron chi connectivity index (χ1n) is 7.94. The first-order valence-corrected chi connectivity index (χ1v) is 7.94. The number of ketones is 1. The van der Waals surface area contributed by atoms with Gasteiger partial charge in [-0.25, -0.2) is 4.79 Å². The Kier molecular flexibility index (Phi) is 3.18. The molecule has 2 aromatic carbocycles. The average Bonchev–Trinajstić information content (AvgIpc) is 2.87. The Balaban J connectivity index is 2.09. The number of hydrogen-bond acceptors (Lipinski definition) is 4. The highest BCUT2D eigenvalue weighted by Crippen LogP contribution is 2.55. The second-order valence-corrected chi connectivity index (χ2v) is 6.02. The molecule has 0 saturated heterocycles. The van der Waals surface area contributed by atoms with Crippen molar-refractivity contribution in [2.45, 2.75) is 18.9 Å². The van der Waals surface area contributed by atoms with Gasteiger partial charge in [0.2, 0.25) is 0 Å². The summed E-state index contributed by atoms with van der Waals surface area (Å²) >= 11 is 0. The minimum Gasteiger partial charge on any atom is -0.462 e. The molecule has 4 nitrogen and oxygen atoms in total. The van der Waals surface area contributed by atoms with Crippen molar-refractivity contribution in [2.24, 2.45) is 0 Å². The van der Waals surface area contributed by atoms with Crippen molar-refractivity contribution in [3.05, 3.63) is 65.2 Å². The Morgan fingerprint density at radius 2 is 1.71 bits per heavy atom. The fourth-order valence-corrected chi connectivity index (χ4v) is 3.78. The van der Waals surface area contributed by atoms with Crippen molar-refractivity contribution in [3.63, 3.8) is 0 Å². The average molecular weight is 320 g/mol. The molecule has 0 amide bonds. The van der Waals surface area contributed by atoms with E-state index in [0.717, 1.165) is 11.1 Å². The molecular formula is C20H16O4. The van der Waals surface area contributed by atoms with Gasteiger partial charge >= 0.3 is 5.97 Å². The topological polar surface area (TPSA) is 63.6 Å². The van der Waals surface area contributed by atoms with Crippen LogP contribution >= 0.6 is 0 Å². The molecule has 1 atom stereocenters. The van der Waals surface area contributed by atoms with Gasteiger partial charge in [-0.2, -0.15) is 0 Å². The summed E-state index contributed by atoms with van der Waals surface area (Å²) in [6, 6.07) is 15.0. The third kappa shape index (κ3) is 1.83. The van der Waals surface area contributed by atoms with Crippen molar-refractivity contribution in [3.8, 4) is 11.1 Å². The Labute approximate surface area is 139 Å². The van der Waals surface area contributed by atoms with Crippen LogP contribution in [0.5, 0.6) is 0 Å². The molecule has 120 valence electrons. The van der Waals surface area contributed by atoms with E-state index < -0.39 is 11.6 Å². The number of ether oxygens (including phenoxy) is 1. The van der Waals surface area contributed by atoms with Crippen LogP contribution in [0.25, 0.3) is 16.7 Å². The second kappa shape index (κ2) is 5.14. The van der Waals surface area contributed by atoms with E-state index in [2.05, 4.69) is 0 Å². The van der Waals surface area contributed by atoms with Gasteiger partial charge in [0, 0.05) is 12.0 Å². The van der Waals surface area contributed by atoms with Crippen LogP contribution in [0.2, 0.25) is 0 Å². The maximum atomic E-state index is 12.6. The normalized spacial score (nSPS) is 21.2. The van der Waals surface area contributed by atoms with Gasteiger partial charge in [-0.15, -0.1) is 0 Å². The first-order chi connectivity index (χ1) is 11.6. The van der Waals surface area contributed by atoms with Gasteiger partial charge < -0.3 is 9.84 Å². The molecule has 0 heterocycles. The van der Waals surface area contributed by atoms with E-state index in [1.807, 2.05) is 48.5 Å². The Bertz CT molecular complexity index is 909. The summed E-state index contributed by atoms with van der Waals surface area (Å²) in [7, 11) is 0. The van der Waals surface area contributed by atoms with Gasteiger partial charge in [-0.3, -0.25) is 4.79 Å². The third-order valence-electron chi connectivity index (χ3n) is 4.70. The molecule has 0 aromatic heterocycles. The fourth-order valence-electron chi connectivity index (χ4n) is 3.78. The summed E-state index contributed by atoms with van der Waals surface area (Å²) in [5.41, 5.74) is 2.03. The van der Waals surface area contributed by atoms with Crippen LogP contribution in [0.1, 0.15) is 24.5 Å². The number of hydrogen-bond donors (Lipinski definition) is 1. The number of aliphatic hydroxyl groups is 1. The van der Waals surface area contributed by atoms with Crippen LogP contribution in [0.15, 0.2) is 54.1 Å². The van der Waals surface area contributed by atoms with Gasteiger partial charge in [0.1, 0.15) is 11.2 Å². The zero-order valence-electron chi connectivity index (χ0n) is 13.2. The number of fused-ring (bicyclic) bond motifs is 6. The predicted octanol–water partition coefficient (Wildman–Crippen LogP) is 2.84. The SMILES string of the molecule is CCOC(=O)C1=C2c3ccccc3-c3ccccc3C2(O)CC1=O. The molecule has 0 spiro atoms. The van der Waals surface area contributed by atoms with Crippen LogP contribution < -0.4 is 0 Å². The lowest BCUT2D eigenvalue weighted by atomic mass is 9.73. The molecular weight excluding hydrogens is 304 g/mol. The minimum atomic E-state index is -1.48. The highest BCUT2D eigenvalue weighted by molar-refractivity contribution is 6.28. The monoisotopic (exact) mass is 320 g/mol. The maximum absolute atomic E-state index is 12.6. The van der Waals surface area contributed by atoms with Crippen LogP contribution in [0, 0.1) is 0 Å². The molecule has 4 heteroatoms. The van der Waals surface area contributed by atoms with Crippen LogP contribution in [0.4, 0.5) is 0 Å². The van der Waals surface area contributed by atoms with E-state index in [9.17, 15) is 14.7 Å². The predicted molar refractivity (Wildman–Crippen MR) is 89.0 cm³/mol. The maximum Gasteiger partial charge on any atom is 0.342 e. The van der Waals surface area contributed by atoms with Gasteiger partial charge in [-0.05, 0) is 29.2 Å². The molecule has 0 radical (unpaired) electrons. The quantitative estimate of drug-likeness (QED) is 0.683. The number of carbonyl (C=O) groups excluding carboxylic acids is 2. The van der Waals surface area contributed by atoms with Crippen molar-refractivity contribution in [1.82, 2.24) is 0 Å². The highest BCUT2D eigenvalue weighted by Gasteiger charge is 2.52. The smallest absolute Gasteiger partial charge is 0.342 e. The van der Waals surface area contributed by atoms with Crippen LogP contribution in [-0.4, -0.2) is 23.5 Å². The summed E-state index contributed by atoms with van der Waals surface area (Å²) in [4.78, 5) is 24.9. The first kappa shape index (κ1) is 14.8.